The molecule has 5 rings (SSSR count). The average Bonchev–Trinajstić information content (AvgIpc) is 3.45. The van der Waals surface area contributed by atoms with Crippen LogP contribution in [0.15, 0.2) is 71.3 Å². The Kier molecular flexibility index (Phi) is 4.92. The zero-order valence-electron chi connectivity index (χ0n) is 16.9. The summed E-state index contributed by atoms with van der Waals surface area (Å²) in [5.41, 5.74) is 0.616. The largest absolute Gasteiger partial charge is 0.416 e. The first-order valence-corrected chi connectivity index (χ1v) is 9.77. The maximum absolute atomic E-state index is 12.9. The molecule has 0 saturated heterocycles. The van der Waals surface area contributed by atoms with Crippen LogP contribution < -0.4 is 0 Å². The summed E-state index contributed by atoms with van der Waals surface area (Å²) in [5, 5.41) is 3.87. The van der Waals surface area contributed by atoms with Crippen molar-refractivity contribution in [1.82, 2.24) is 20.1 Å². The van der Waals surface area contributed by atoms with E-state index in [1.165, 1.54) is 18.2 Å². The number of imidazole rings is 1. The minimum atomic E-state index is -4.46. The van der Waals surface area contributed by atoms with Gasteiger partial charge in [-0.15, -0.1) is 0 Å². The lowest BCUT2D eigenvalue weighted by Crippen LogP contribution is -2.04. The number of rotatable bonds is 3. The summed E-state index contributed by atoms with van der Waals surface area (Å²) in [6.45, 7) is 0. The van der Waals surface area contributed by atoms with Gasteiger partial charge in [-0.25, -0.2) is 4.98 Å². The minimum absolute atomic E-state index is 0.0607. The second-order valence-corrected chi connectivity index (χ2v) is 7.39. The first kappa shape index (κ1) is 21.7. The van der Waals surface area contributed by atoms with Crippen LogP contribution in [0.2, 0.25) is 0 Å². The molecule has 0 bridgehead atoms. The van der Waals surface area contributed by atoms with Crippen molar-refractivity contribution in [2.45, 2.75) is 12.4 Å². The minimum Gasteiger partial charge on any atom is -0.338 e. The highest BCUT2D eigenvalue weighted by Gasteiger charge is 2.31. The number of H-pyrrole nitrogens is 1. The molecular weight excluding hydrogens is 462 g/mol. The summed E-state index contributed by atoms with van der Waals surface area (Å²) >= 11 is 0. The maximum Gasteiger partial charge on any atom is 0.416 e. The van der Waals surface area contributed by atoms with Crippen LogP contribution in [0.5, 0.6) is 0 Å². The van der Waals surface area contributed by atoms with E-state index in [1.54, 1.807) is 24.3 Å². The zero-order valence-corrected chi connectivity index (χ0v) is 16.9. The van der Waals surface area contributed by atoms with Gasteiger partial charge in [0.1, 0.15) is 5.82 Å². The molecular formula is C23H12F6N4O. The van der Waals surface area contributed by atoms with Crippen molar-refractivity contribution in [3.8, 4) is 34.2 Å². The van der Waals surface area contributed by atoms with E-state index in [0.29, 0.717) is 28.0 Å². The van der Waals surface area contributed by atoms with Gasteiger partial charge < -0.3 is 9.51 Å². The van der Waals surface area contributed by atoms with E-state index < -0.39 is 23.5 Å². The molecule has 2 heterocycles. The number of halogens is 6. The fraction of sp³-hybridized carbons (Fsp3) is 0.0870. The molecule has 0 aliphatic heterocycles. The molecule has 0 aliphatic carbocycles. The van der Waals surface area contributed by atoms with Crippen LogP contribution in [0.25, 0.3) is 45.3 Å². The number of fused-ring (bicyclic) bond motifs is 1. The average molecular weight is 474 g/mol. The molecule has 1 N–H and O–H groups in total. The molecule has 0 atom stereocenters. The van der Waals surface area contributed by atoms with Gasteiger partial charge in [-0.1, -0.05) is 29.4 Å². The van der Waals surface area contributed by atoms with Gasteiger partial charge >= 0.3 is 12.4 Å². The fourth-order valence-corrected chi connectivity index (χ4v) is 3.36. The number of aromatic nitrogens is 4. The molecule has 11 heteroatoms. The van der Waals surface area contributed by atoms with E-state index in [-0.39, 0.29) is 17.2 Å². The summed E-state index contributed by atoms with van der Waals surface area (Å²) in [5.74, 6) is 0.672. The van der Waals surface area contributed by atoms with Crippen molar-refractivity contribution < 1.29 is 30.9 Å². The van der Waals surface area contributed by atoms with Crippen molar-refractivity contribution in [2.75, 3.05) is 0 Å². The lowest BCUT2D eigenvalue weighted by atomic mass is 10.1. The van der Waals surface area contributed by atoms with Crippen molar-refractivity contribution in [3.05, 3.63) is 77.9 Å². The van der Waals surface area contributed by atoms with E-state index in [2.05, 4.69) is 20.1 Å². The normalized spacial score (nSPS) is 12.4. The summed E-state index contributed by atoms with van der Waals surface area (Å²) in [7, 11) is 0. The highest BCUT2D eigenvalue weighted by Crippen LogP contribution is 2.33. The Labute approximate surface area is 187 Å². The van der Waals surface area contributed by atoms with Crippen LogP contribution in [0, 0.1) is 0 Å². The predicted molar refractivity (Wildman–Crippen MR) is 110 cm³/mol. The van der Waals surface area contributed by atoms with Crippen LogP contribution in [0.1, 0.15) is 11.1 Å². The van der Waals surface area contributed by atoms with Crippen molar-refractivity contribution in [2.24, 2.45) is 0 Å². The smallest absolute Gasteiger partial charge is 0.338 e. The second kappa shape index (κ2) is 7.72. The van der Waals surface area contributed by atoms with Gasteiger partial charge in [0, 0.05) is 16.7 Å². The zero-order chi connectivity index (χ0) is 24.1. The van der Waals surface area contributed by atoms with Gasteiger partial charge in [0.2, 0.25) is 5.82 Å². The van der Waals surface area contributed by atoms with Gasteiger partial charge in [-0.3, -0.25) is 0 Å². The van der Waals surface area contributed by atoms with E-state index >= 15 is 0 Å². The lowest BCUT2D eigenvalue weighted by molar-refractivity contribution is -0.138. The van der Waals surface area contributed by atoms with Gasteiger partial charge in [-0.2, -0.15) is 31.3 Å². The monoisotopic (exact) mass is 474 g/mol. The van der Waals surface area contributed by atoms with Crippen LogP contribution in [0.4, 0.5) is 26.3 Å². The maximum atomic E-state index is 12.9. The molecule has 0 spiro atoms. The van der Waals surface area contributed by atoms with Crippen molar-refractivity contribution in [3.63, 3.8) is 0 Å². The van der Waals surface area contributed by atoms with Crippen LogP contribution in [0.3, 0.4) is 0 Å². The van der Waals surface area contributed by atoms with Gasteiger partial charge in [0.05, 0.1) is 22.2 Å². The van der Waals surface area contributed by atoms with E-state index in [1.807, 2.05) is 0 Å². The van der Waals surface area contributed by atoms with Crippen LogP contribution in [-0.4, -0.2) is 20.1 Å². The third kappa shape index (κ3) is 4.12. The summed E-state index contributed by atoms with van der Waals surface area (Å²) in [6, 6.07) is 14.4. The molecule has 5 nitrogen and oxygen atoms in total. The molecule has 2 aromatic heterocycles. The van der Waals surface area contributed by atoms with Crippen LogP contribution in [-0.2, 0) is 12.4 Å². The Bertz CT molecular complexity index is 1460. The number of alkyl halides is 6. The number of aromatic amines is 1. The lowest BCUT2D eigenvalue weighted by Gasteiger charge is -2.05. The molecule has 0 radical (unpaired) electrons. The van der Waals surface area contributed by atoms with Crippen molar-refractivity contribution >= 4 is 11.0 Å². The first-order chi connectivity index (χ1) is 16.1. The Morgan fingerprint density at radius 1 is 0.647 bits per heavy atom. The van der Waals surface area contributed by atoms with Gasteiger partial charge in [0.25, 0.3) is 5.89 Å². The quantitative estimate of drug-likeness (QED) is 0.287. The molecule has 0 aliphatic rings. The molecule has 172 valence electrons. The van der Waals surface area contributed by atoms with Gasteiger partial charge in [0.15, 0.2) is 0 Å². The van der Waals surface area contributed by atoms with Crippen molar-refractivity contribution in [1.29, 1.82) is 0 Å². The predicted octanol–water partition coefficient (Wildman–Crippen LogP) is 6.98. The first-order valence-electron chi connectivity index (χ1n) is 9.77. The third-order valence-electron chi connectivity index (χ3n) is 5.11. The Hall–Kier alpha value is -4.15. The molecule has 34 heavy (non-hydrogen) atoms. The van der Waals surface area contributed by atoms with E-state index in [9.17, 15) is 26.3 Å². The molecule has 0 fully saturated rings. The van der Waals surface area contributed by atoms with Crippen LogP contribution >= 0.6 is 0 Å². The Balaban J connectivity index is 1.38. The topological polar surface area (TPSA) is 67.6 Å². The highest BCUT2D eigenvalue weighted by molar-refractivity contribution is 5.80. The molecule has 0 unspecified atom stereocenters. The SMILES string of the molecule is FC(F)(F)c1ccc(-c2nc(-c3ccc(-c4nc5cc(C(F)(F)F)ccc5[nH]4)cc3)no2)cc1. The molecule has 0 amide bonds. The number of nitrogens with zero attached hydrogens (tertiary/aromatic N) is 3. The standard InChI is InChI=1S/C23H12F6N4O/c24-22(25,26)15-7-5-14(6-8-15)21-32-20(33-34-21)13-3-1-12(2-4-13)19-30-17-10-9-16(23(27,28)29)11-18(17)31-19/h1-11H,(H,30,31). The third-order valence-corrected chi connectivity index (χ3v) is 5.11. The molecule has 5 aromatic rings. The second-order valence-electron chi connectivity index (χ2n) is 7.39. The highest BCUT2D eigenvalue weighted by atomic mass is 19.4. The summed E-state index contributed by atoms with van der Waals surface area (Å²) in [4.78, 5) is 11.4. The number of hydrogen-bond donors (Lipinski definition) is 1. The number of hydrogen-bond acceptors (Lipinski definition) is 4. The number of benzene rings is 3. The molecule has 0 saturated carbocycles. The fourth-order valence-electron chi connectivity index (χ4n) is 3.36. The van der Waals surface area contributed by atoms with Gasteiger partial charge in [-0.05, 0) is 42.5 Å². The summed E-state index contributed by atoms with van der Waals surface area (Å²) < 4.78 is 82.1. The van der Waals surface area contributed by atoms with E-state index in [0.717, 1.165) is 24.3 Å². The number of nitrogens with one attached hydrogen (secondary N) is 1. The van der Waals surface area contributed by atoms with E-state index in [4.69, 9.17) is 4.52 Å². The summed E-state index contributed by atoms with van der Waals surface area (Å²) in [6.07, 6.45) is -8.90. The Morgan fingerprint density at radius 2 is 1.24 bits per heavy atom. The Morgan fingerprint density at radius 3 is 1.88 bits per heavy atom. The molecule has 3 aromatic carbocycles.